The average Bonchev–Trinajstić information content (AvgIpc) is 2.24. The highest BCUT2D eigenvalue weighted by atomic mass is 35.5. The molecule has 1 unspecified atom stereocenters. The van der Waals surface area contributed by atoms with Crippen molar-refractivity contribution in [2.24, 2.45) is 0 Å². The Kier molecular flexibility index (Phi) is 5.43. The van der Waals surface area contributed by atoms with E-state index >= 15 is 0 Å². The molecule has 0 heterocycles. The number of thioether (sulfide) groups is 1. The first-order valence-electron chi connectivity index (χ1n) is 4.78. The van der Waals surface area contributed by atoms with Crippen molar-refractivity contribution in [3.8, 4) is 0 Å². The van der Waals surface area contributed by atoms with Crippen LogP contribution in [0.3, 0.4) is 0 Å². The van der Waals surface area contributed by atoms with Gasteiger partial charge in [-0.2, -0.15) is 11.8 Å². The van der Waals surface area contributed by atoms with Crippen molar-refractivity contribution in [2.75, 3.05) is 19.1 Å². The summed E-state index contributed by atoms with van der Waals surface area (Å²) in [5, 5.41) is 3.37. The van der Waals surface area contributed by atoms with Gasteiger partial charge in [0.15, 0.2) is 0 Å². The Balaban J connectivity index is 2.74. The smallest absolute Gasteiger partial charge is 0.145 e. The van der Waals surface area contributed by atoms with E-state index in [1.54, 1.807) is 30.0 Å². The number of rotatable bonds is 5. The molecule has 0 radical (unpaired) electrons. The van der Waals surface area contributed by atoms with E-state index in [0.717, 1.165) is 5.75 Å². The van der Waals surface area contributed by atoms with Gasteiger partial charge in [0.2, 0.25) is 0 Å². The van der Waals surface area contributed by atoms with Crippen LogP contribution in [0.1, 0.15) is 5.56 Å². The molecule has 1 aromatic rings. The van der Waals surface area contributed by atoms with Crippen LogP contribution in [0.15, 0.2) is 18.2 Å². The zero-order valence-electron chi connectivity index (χ0n) is 8.89. The second-order valence-corrected chi connectivity index (χ2v) is 4.68. The highest BCUT2D eigenvalue weighted by molar-refractivity contribution is 7.98. The van der Waals surface area contributed by atoms with Gasteiger partial charge < -0.3 is 5.32 Å². The molecule has 0 saturated carbocycles. The maximum Gasteiger partial charge on any atom is 0.145 e. The molecule has 4 heteroatoms. The van der Waals surface area contributed by atoms with Crippen LogP contribution in [-0.4, -0.2) is 25.1 Å². The van der Waals surface area contributed by atoms with E-state index < -0.39 is 0 Å². The van der Waals surface area contributed by atoms with Gasteiger partial charge in [-0.25, -0.2) is 4.39 Å². The van der Waals surface area contributed by atoms with Gasteiger partial charge in [0.25, 0.3) is 0 Å². The SMILES string of the molecule is CNC(CSC)Cc1cccc(Cl)c1F. The number of benzene rings is 1. The molecule has 0 aliphatic heterocycles. The summed E-state index contributed by atoms with van der Waals surface area (Å²) in [7, 11) is 1.89. The molecule has 0 amide bonds. The summed E-state index contributed by atoms with van der Waals surface area (Å²) in [6.45, 7) is 0. The van der Waals surface area contributed by atoms with Gasteiger partial charge in [-0.3, -0.25) is 0 Å². The van der Waals surface area contributed by atoms with E-state index in [1.807, 2.05) is 13.3 Å². The summed E-state index contributed by atoms with van der Waals surface area (Å²) in [4.78, 5) is 0. The lowest BCUT2D eigenvalue weighted by molar-refractivity contribution is 0.569. The second-order valence-electron chi connectivity index (χ2n) is 3.36. The normalized spacial score (nSPS) is 12.8. The fourth-order valence-electron chi connectivity index (χ4n) is 1.42. The van der Waals surface area contributed by atoms with Gasteiger partial charge in [-0.1, -0.05) is 23.7 Å². The molecule has 0 spiro atoms. The minimum atomic E-state index is -0.291. The van der Waals surface area contributed by atoms with Crippen molar-refractivity contribution in [1.82, 2.24) is 5.32 Å². The van der Waals surface area contributed by atoms with E-state index in [-0.39, 0.29) is 16.9 Å². The summed E-state index contributed by atoms with van der Waals surface area (Å²) in [5.74, 6) is 0.670. The summed E-state index contributed by atoms with van der Waals surface area (Å²) in [6, 6.07) is 5.43. The molecule has 0 fully saturated rings. The zero-order valence-corrected chi connectivity index (χ0v) is 10.5. The Hall–Kier alpha value is -0.250. The molecule has 0 aliphatic rings. The van der Waals surface area contributed by atoms with E-state index in [2.05, 4.69) is 5.32 Å². The highest BCUT2D eigenvalue weighted by Crippen LogP contribution is 2.19. The molecule has 0 aromatic heterocycles. The predicted molar refractivity (Wildman–Crippen MR) is 66.3 cm³/mol. The second kappa shape index (κ2) is 6.36. The predicted octanol–water partition coefficient (Wildman–Crippen LogP) is 2.97. The van der Waals surface area contributed by atoms with Crippen LogP contribution < -0.4 is 5.32 Å². The lowest BCUT2D eigenvalue weighted by Gasteiger charge is -2.15. The molecule has 1 N–H and O–H groups in total. The van der Waals surface area contributed by atoms with Gasteiger partial charge in [-0.05, 0) is 31.4 Å². The molecule has 15 heavy (non-hydrogen) atoms. The Labute approximate surface area is 99.4 Å². The van der Waals surface area contributed by atoms with Crippen molar-refractivity contribution in [2.45, 2.75) is 12.5 Å². The Morgan fingerprint density at radius 1 is 1.53 bits per heavy atom. The van der Waals surface area contributed by atoms with Crippen LogP contribution in [0.5, 0.6) is 0 Å². The number of hydrogen-bond donors (Lipinski definition) is 1. The van der Waals surface area contributed by atoms with Crippen molar-refractivity contribution in [3.05, 3.63) is 34.6 Å². The van der Waals surface area contributed by atoms with Gasteiger partial charge >= 0.3 is 0 Å². The molecule has 84 valence electrons. The van der Waals surface area contributed by atoms with Crippen LogP contribution in [-0.2, 0) is 6.42 Å². The molecular weight excluding hydrogens is 233 g/mol. The van der Waals surface area contributed by atoms with E-state index in [4.69, 9.17) is 11.6 Å². The molecule has 1 rings (SSSR count). The topological polar surface area (TPSA) is 12.0 Å². The standard InChI is InChI=1S/C11H15ClFNS/c1-14-9(7-15-2)6-8-4-3-5-10(12)11(8)13/h3-5,9,14H,6-7H2,1-2H3. The minimum absolute atomic E-state index is 0.200. The number of nitrogens with one attached hydrogen (secondary N) is 1. The lowest BCUT2D eigenvalue weighted by Crippen LogP contribution is -2.30. The molecule has 0 aliphatic carbocycles. The first-order valence-corrected chi connectivity index (χ1v) is 6.55. The molecule has 0 bridgehead atoms. The van der Waals surface area contributed by atoms with Crippen molar-refractivity contribution in [1.29, 1.82) is 0 Å². The van der Waals surface area contributed by atoms with E-state index in [1.165, 1.54) is 0 Å². The third-order valence-corrected chi connectivity index (χ3v) is 3.30. The third kappa shape index (κ3) is 3.67. The Morgan fingerprint density at radius 2 is 2.27 bits per heavy atom. The van der Waals surface area contributed by atoms with Crippen molar-refractivity contribution < 1.29 is 4.39 Å². The average molecular weight is 248 g/mol. The van der Waals surface area contributed by atoms with Crippen molar-refractivity contribution >= 4 is 23.4 Å². The molecule has 1 atom stereocenters. The van der Waals surface area contributed by atoms with Gasteiger partial charge in [0.05, 0.1) is 5.02 Å². The van der Waals surface area contributed by atoms with Crippen LogP contribution >= 0.6 is 23.4 Å². The highest BCUT2D eigenvalue weighted by Gasteiger charge is 2.11. The Bertz CT molecular complexity index is 319. The summed E-state index contributed by atoms with van der Waals surface area (Å²) < 4.78 is 13.6. The summed E-state index contributed by atoms with van der Waals surface area (Å²) in [5.41, 5.74) is 0.677. The van der Waals surface area contributed by atoms with E-state index in [9.17, 15) is 4.39 Å². The van der Waals surface area contributed by atoms with Gasteiger partial charge in [0.1, 0.15) is 5.82 Å². The first kappa shape index (κ1) is 12.8. The number of likely N-dealkylation sites (N-methyl/N-ethyl adjacent to an activating group) is 1. The van der Waals surface area contributed by atoms with Crippen LogP contribution in [0.25, 0.3) is 0 Å². The molecule has 1 aromatic carbocycles. The third-order valence-electron chi connectivity index (χ3n) is 2.27. The van der Waals surface area contributed by atoms with Crippen LogP contribution in [0, 0.1) is 5.82 Å². The minimum Gasteiger partial charge on any atom is -0.316 e. The molecule has 0 saturated heterocycles. The Morgan fingerprint density at radius 3 is 2.87 bits per heavy atom. The van der Waals surface area contributed by atoms with Gasteiger partial charge in [-0.15, -0.1) is 0 Å². The number of hydrogen-bond acceptors (Lipinski definition) is 2. The quantitative estimate of drug-likeness (QED) is 0.859. The van der Waals surface area contributed by atoms with Crippen molar-refractivity contribution in [3.63, 3.8) is 0 Å². The number of halogens is 2. The fourth-order valence-corrected chi connectivity index (χ4v) is 2.30. The van der Waals surface area contributed by atoms with E-state index in [0.29, 0.717) is 12.0 Å². The molecule has 1 nitrogen and oxygen atoms in total. The lowest BCUT2D eigenvalue weighted by atomic mass is 10.1. The largest absolute Gasteiger partial charge is 0.316 e. The van der Waals surface area contributed by atoms with Crippen LogP contribution in [0.4, 0.5) is 4.39 Å². The fraction of sp³-hybridized carbons (Fsp3) is 0.455. The molecular formula is C11H15ClFNS. The van der Waals surface area contributed by atoms with Crippen LogP contribution in [0.2, 0.25) is 5.02 Å². The maximum absolute atomic E-state index is 13.6. The maximum atomic E-state index is 13.6. The van der Waals surface area contributed by atoms with Gasteiger partial charge in [0, 0.05) is 11.8 Å². The monoisotopic (exact) mass is 247 g/mol. The first-order chi connectivity index (χ1) is 7.19. The zero-order chi connectivity index (χ0) is 11.3. The summed E-state index contributed by atoms with van der Waals surface area (Å²) >= 11 is 7.46. The summed E-state index contributed by atoms with van der Waals surface area (Å²) in [6.07, 6.45) is 2.71.